The standard InChI is InChI=1S/C13H15FN2O4S/c1-8(17)15-11(13(19)20)6-21-7-12(18)16-10-4-2-9(14)3-5-10/h2-5,11H,6-7H2,1H3,(H,15,17)(H,16,18)(H,19,20). The van der Waals surface area contributed by atoms with E-state index in [9.17, 15) is 18.8 Å². The lowest BCUT2D eigenvalue weighted by Gasteiger charge is -2.12. The molecule has 1 aromatic rings. The highest BCUT2D eigenvalue weighted by Gasteiger charge is 2.18. The Morgan fingerprint density at radius 3 is 2.43 bits per heavy atom. The van der Waals surface area contributed by atoms with Crippen molar-refractivity contribution < 1.29 is 23.9 Å². The molecule has 0 fully saturated rings. The fraction of sp³-hybridized carbons (Fsp3) is 0.308. The van der Waals surface area contributed by atoms with Crippen molar-refractivity contribution in [2.45, 2.75) is 13.0 Å². The molecule has 21 heavy (non-hydrogen) atoms. The Labute approximate surface area is 125 Å². The van der Waals surface area contributed by atoms with Gasteiger partial charge in [0, 0.05) is 18.4 Å². The summed E-state index contributed by atoms with van der Waals surface area (Å²) in [6.45, 7) is 1.22. The number of carboxylic acid groups (broad SMARTS) is 1. The number of hydrogen-bond donors (Lipinski definition) is 3. The molecule has 1 aromatic carbocycles. The molecule has 3 N–H and O–H groups in total. The van der Waals surface area contributed by atoms with E-state index in [-0.39, 0.29) is 17.4 Å². The van der Waals surface area contributed by atoms with Crippen LogP contribution in [-0.2, 0) is 14.4 Å². The average Bonchev–Trinajstić information content (AvgIpc) is 2.39. The highest BCUT2D eigenvalue weighted by Crippen LogP contribution is 2.10. The number of aliphatic carboxylic acids is 1. The van der Waals surface area contributed by atoms with Crippen LogP contribution in [-0.4, -0.2) is 40.4 Å². The second-order valence-corrected chi connectivity index (χ2v) is 5.19. The summed E-state index contributed by atoms with van der Waals surface area (Å²) in [4.78, 5) is 33.3. The molecule has 2 amide bonds. The number of rotatable bonds is 7. The Morgan fingerprint density at radius 1 is 1.29 bits per heavy atom. The second-order valence-electron chi connectivity index (χ2n) is 4.16. The summed E-state index contributed by atoms with van der Waals surface area (Å²) in [7, 11) is 0. The summed E-state index contributed by atoms with van der Waals surface area (Å²) < 4.78 is 12.7. The van der Waals surface area contributed by atoms with Crippen molar-refractivity contribution in [3.8, 4) is 0 Å². The van der Waals surface area contributed by atoms with E-state index in [1.165, 1.54) is 31.2 Å². The van der Waals surface area contributed by atoms with Gasteiger partial charge >= 0.3 is 5.97 Å². The van der Waals surface area contributed by atoms with E-state index >= 15 is 0 Å². The Hall–Kier alpha value is -2.09. The lowest BCUT2D eigenvalue weighted by Crippen LogP contribution is -2.41. The lowest BCUT2D eigenvalue weighted by molar-refractivity contribution is -0.140. The predicted molar refractivity (Wildman–Crippen MR) is 77.6 cm³/mol. The van der Waals surface area contributed by atoms with Gasteiger partial charge in [0.05, 0.1) is 5.75 Å². The van der Waals surface area contributed by atoms with Crippen LogP contribution in [0.3, 0.4) is 0 Å². The van der Waals surface area contributed by atoms with Gasteiger partial charge in [0.25, 0.3) is 0 Å². The van der Waals surface area contributed by atoms with Crippen molar-refractivity contribution in [2.24, 2.45) is 0 Å². The van der Waals surface area contributed by atoms with Gasteiger partial charge in [-0.3, -0.25) is 9.59 Å². The van der Waals surface area contributed by atoms with E-state index in [0.717, 1.165) is 11.8 Å². The van der Waals surface area contributed by atoms with Crippen molar-refractivity contribution in [3.63, 3.8) is 0 Å². The van der Waals surface area contributed by atoms with Crippen LogP contribution in [0.1, 0.15) is 6.92 Å². The van der Waals surface area contributed by atoms with E-state index in [4.69, 9.17) is 5.11 Å². The van der Waals surface area contributed by atoms with Crippen LogP contribution < -0.4 is 10.6 Å². The summed E-state index contributed by atoms with van der Waals surface area (Å²) in [6.07, 6.45) is 0. The minimum Gasteiger partial charge on any atom is -0.480 e. The number of carboxylic acids is 1. The predicted octanol–water partition coefficient (Wildman–Crippen LogP) is 1.09. The smallest absolute Gasteiger partial charge is 0.327 e. The number of benzene rings is 1. The molecule has 1 rings (SSSR count). The third-order valence-corrected chi connectivity index (χ3v) is 3.36. The minimum atomic E-state index is -1.16. The van der Waals surface area contributed by atoms with Crippen LogP contribution in [0, 0.1) is 5.82 Å². The van der Waals surface area contributed by atoms with E-state index < -0.39 is 23.7 Å². The normalized spacial score (nSPS) is 11.5. The number of anilines is 1. The fourth-order valence-corrected chi connectivity index (χ4v) is 2.26. The molecule has 0 saturated heterocycles. The quantitative estimate of drug-likeness (QED) is 0.700. The number of amides is 2. The first kappa shape index (κ1) is 17.0. The summed E-state index contributed by atoms with van der Waals surface area (Å²) in [5, 5.41) is 13.7. The van der Waals surface area contributed by atoms with Gasteiger partial charge in [-0.25, -0.2) is 9.18 Å². The maximum Gasteiger partial charge on any atom is 0.327 e. The Kier molecular flexibility index (Phi) is 6.67. The van der Waals surface area contributed by atoms with Crippen molar-refractivity contribution in [1.29, 1.82) is 0 Å². The highest BCUT2D eigenvalue weighted by atomic mass is 32.2. The van der Waals surface area contributed by atoms with Crippen molar-refractivity contribution in [1.82, 2.24) is 5.32 Å². The van der Waals surface area contributed by atoms with E-state index in [0.29, 0.717) is 5.69 Å². The van der Waals surface area contributed by atoms with Crippen LogP contribution in [0.15, 0.2) is 24.3 Å². The second kappa shape index (κ2) is 8.25. The summed E-state index contributed by atoms with van der Waals surface area (Å²) in [6, 6.07) is 4.26. The molecule has 0 spiro atoms. The maximum atomic E-state index is 12.7. The van der Waals surface area contributed by atoms with Crippen LogP contribution in [0.25, 0.3) is 0 Å². The Bertz CT molecular complexity index is 521. The SMILES string of the molecule is CC(=O)NC(CSCC(=O)Nc1ccc(F)cc1)C(=O)O. The van der Waals surface area contributed by atoms with E-state index in [1.54, 1.807) is 0 Å². The largest absolute Gasteiger partial charge is 0.480 e. The molecule has 6 nitrogen and oxygen atoms in total. The van der Waals surface area contributed by atoms with Crippen molar-refractivity contribution in [3.05, 3.63) is 30.1 Å². The van der Waals surface area contributed by atoms with Gasteiger partial charge in [0.2, 0.25) is 11.8 Å². The Balaban J connectivity index is 2.36. The fourth-order valence-electron chi connectivity index (χ4n) is 1.42. The molecule has 0 saturated carbocycles. The zero-order valence-corrected chi connectivity index (χ0v) is 12.1. The Morgan fingerprint density at radius 2 is 1.90 bits per heavy atom. The molecule has 0 aliphatic rings. The van der Waals surface area contributed by atoms with Crippen LogP contribution in [0.5, 0.6) is 0 Å². The third kappa shape index (κ3) is 6.75. The van der Waals surface area contributed by atoms with Gasteiger partial charge in [-0.05, 0) is 24.3 Å². The van der Waals surface area contributed by atoms with Crippen molar-refractivity contribution in [2.75, 3.05) is 16.8 Å². The zero-order chi connectivity index (χ0) is 15.8. The molecule has 0 heterocycles. The number of carbonyl (C=O) groups is 3. The summed E-state index contributed by atoms with van der Waals surface area (Å²) in [5.41, 5.74) is 0.457. The number of thioether (sulfide) groups is 1. The number of nitrogens with one attached hydrogen (secondary N) is 2. The van der Waals surface area contributed by atoms with E-state index in [1.807, 2.05) is 0 Å². The number of hydrogen-bond acceptors (Lipinski definition) is 4. The first-order valence-corrected chi connectivity index (χ1v) is 7.17. The zero-order valence-electron chi connectivity index (χ0n) is 11.3. The monoisotopic (exact) mass is 314 g/mol. The van der Waals surface area contributed by atoms with Gasteiger partial charge in [-0.1, -0.05) is 0 Å². The molecular formula is C13H15FN2O4S. The van der Waals surface area contributed by atoms with E-state index in [2.05, 4.69) is 10.6 Å². The molecule has 0 radical (unpaired) electrons. The average molecular weight is 314 g/mol. The lowest BCUT2D eigenvalue weighted by atomic mass is 10.3. The molecular weight excluding hydrogens is 299 g/mol. The molecule has 0 aliphatic heterocycles. The molecule has 0 bridgehead atoms. The topological polar surface area (TPSA) is 95.5 Å². The maximum absolute atomic E-state index is 12.7. The van der Waals surface area contributed by atoms with Gasteiger partial charge < -0.3 is 15.7 Å². The third-order valence-electron chi connectivity index (χ3n) is 2.32. The number of carbonyl (C=O) groups excluding carboxylic acids is 2. The van der Waals surface area contributed by atoms with Gasteiger partial charge in [0.1, 0.15) is 11.9 Å². The molecule has 8 heteroatoms. The summed E-state index contributed by atoms with van der Waals surface area (Å²) in [5.74, 6) is -2.23. The molecule has 0 aromatic heterocycles. The first-order valence-electron chi connectivity index (χ1n) is 6.01. The van der Waals surface area contributed by atoms with Crippen LogP contribution in [0.4, 0.5) is 10.1 Å². The highest BCUT2D eigenvalue weighted by molar-refractivity contribution is 8.00. The van der Waals surface area contributed by atoms with Crippen molar-refractivity contribution >= 4 is 35.2 Å². The van der Waals surface area contributed by atoms with Crippen LogP contribution in [0.2, 0.25) is 0 Å². The molecule has 1 unspecified atom stereocenters. The summed E-state index contributed by atoms with van der Waals surface area (Å²) >= 11 is 1.08. The first-order chi connectivity index (χ1) is 9.88. The van der Waals surface area contributed by atoms with Gasteiger partial charge in [0.15, 0.2) is 0 Å². The molecule has 114 valence electrons. The molecule has 1 atom stereocenters. The van der Waals surface area contributed by atoms with Gasteiger partial charge in [-0.2, -0.15) is 0 Å². The van der Waals surface area contributed by atoms with Gasteiger partial charge in [-0.15, -0.1) is 11.8 Å². The number of halogens is 1. The minimum absolute atomic E-state index is 0.0285. The molecule has 0 aliphatic carbocycles. The van der Waals surface area contributed by atoms with Crippen LogP contribution >= 0.6 is 11.8 Å².